The average molecular weight is 706 g/mol. The molecule has 0 spiro atoms. The molecule has 0 bridgehead atoms. The van der Waals surface area contributed by atoms with Crippen LogP contribution in [-0.4, -0.2) is 36.8 Å². The maximum absolute atomic E-state index is 12.8. The van der Waals surface area contributed by atoms with Gasteiger partial charge >= 0.3 is 29.6 Å². The number of hydrogen-bond donors (Lipinski definition) is 0. The van der Waals surface area contributed by atoms with Gasteiger partial charge in [-0.3, -0.25) is 4.21 Å². The molecule has 224 valence electrons. The standard InChI is InChI=1S/C11H7ClFNO2S.C6H6O2S.C5H2Cl2FN.2CH2F2.Na/c12-10-6-8(13)7-14-11(10)17(15)16-9-4-2-1-3-5-9;7-9(8)6-4-2-1-3-5-6;6-4-1-3(8)2-9-5(4)7;2*2-1-3;/h1-7H;1-5H,(H,7,8);1-2H;2*1H2;/q;;;;;+1/p-1. The molecule has 2 atom stereocenters. The van der Waals surface area contributed by atoms with Crippen LogP contribution in [0.3, 0.4) is 0 Å². The van der Waals surface area contributed by atoms with E-state index < -0.39 is 47.7 Å². The maximum Gasteiger partial charge on any atom is 1.00 e. The summed E-state index contributed by atoms with van der Waals surface area (Å²) < 4.78 is 101. The topological polar surface area (TPSA) is 92.2 Å². The van der Waals surface area contributed by atoms with Gasteiger partial charge in [-0.15, -0.1) is 0 Å². The monoisotopic (exact) mass is 704 g/mol. The normalized spacial score (nSPS) is 10.6. The molecule has 2 unspecified atom stereocenters. The van der Waals surface area contributed by atoms with Crippen molar-refractivity contribution in [1.82, 2.24) is 9.97 Å². The van der Waals surface area contributed by atoms with Crippen LogP contribution in [0, 0.1) is 11.6 Å². The minimum atomic E-state index is -2.08. The summed E-state index contributed by atoms with van der Waals surface area (Å²) in [6.45, 7) is -3.50. The third-order valence-electron chi connectivity index (χ3n) is 3.55. The van der Waals surface area contributed by atoms with E-state index in [0.29, 0.717) is 10.6 Å². The number of pyridine rings is 2. The van der Waals surface area contributed by atoms with Crippen molar-refractivity contribution in [1.29, 1.82) is 0 Å². The molecule has 0 amide bonds. The van der Waals surface area contributed by atoms with Gasteiger partial charge in [0.2, 0.25) is 13.9 Å². The number of benzene rings is 2. The Bertz CT molecular complexity index is 1340. The Hall–Kier alpha value is -1.75. The first-order valence-electron chi connectivity index (χ1n) is 10.3. The van der Waals surface area contributed by atoms with Gasteiger partial charge in [0, 0.05) is 4.90 Å². The van der Waals surface area contributed by atoms with Crippen molar-refractivity contribution in [2.24, 2.45) is 0 Å². The molecule has 4 aromatic rings. The van der Waals surface area contributed by atoms with E-state index in [1.165, 1.54) is 0 Å². The zero-order valence-electron chi connectivity index (χ0n) is 21.2. The van der Waals surface area contributed by atoms with Crippen LogP contribution >= 0.6 is 34.8 Å². The molecule has 2 aromatic carbocycles. The van der Waals surface area contributed by atoms with Crippen molar-refractivity contribution in [3.63, 3.8) is 0 Å². The van der Waals surface area contributed by atoms with E-state index in [0.717, 1.165) is 24.5 Å². The summed E-state index contributed by atoms with van der Waals surface area (Å²) in [5, 5.41) is 0.228. The Morgan fingerprint density at radius 2 is 1.17 bits per heavy atom. The number of rotatable bonds is 4. The second-order valence-corrected chi connectivity index (χ2v) is 9.38. The largest absolute Gasteiger partial charge is 1.00 e. The van der Waals surface area contributed by atoms with Crippen LogP contribution in [-0.2, 0) is 22.2 Å². The Morgan fingerprint density at radius 1 is 0.738 bits per heavy atom. The Labute approximate surface area is 279 Å². The van der Waals surface area contributed by atoms with Gasteiger partial charge in [0.15, 0.2) is 5.03 Å². The zero-order chi connectivity index (χ0) is 31.2. The van der Waals surface area contributed by atoms with Gasteiger partial charge in [-0.25, -0.2) is 40.5 Å². The van der Waals surface area contributed by atoms with Crippen LogP contribution in [0.5, 0.6) is 5.75 Å². The molecular formula is C24H18Cl3F6N2NaO4S2. The Morgan fingerprint density at radius 3 is 1.55 bits per heavy atom. The van der Waals surface area contributed by atoms with Crippen molar-refractivity contribution < 1.29 is 73.1 Å². The van der Waals surface area contributed by atoms with E-state index in [4.69, 9.17) is 39.0 Å². The molecule has 0 saturated heterocycles. The summed E-state index contributed by atoms with van der Waals surface area (Å²) in [5.74, 6) is -0.645. The van der Waals surface area contributed by atoms with E-state index in [9.17, 15) is 39.3 Å². The van der Waals surface area contributed by atoms with E-state index in [1.54, 1.807) is 60.7 Å². The first-order chi connectivity index (χ1) is 19.5. The molecule has 0 aliphatic carbocycles. The predicted octanol–water partition coefficient (Wildman–Crippen LogP) is 5.20. The van der Waals surface area contributed by atoms with E-state index in [-0.39, 0.29) is 49.8 Å². The fourth-order valence-electron chi connectivity index (χ4n) is 2.06. The zero-order valence-corrected chi connectivity index (χ0v) is 27.1. The van der Waals surface area contributed by atoms with Crippen molar-refractivity contribution in [3.8, 4) is 5.75 Å². The third kappa shape index (κ3) is 19.4. The molecule has 2 aromatic heterocycles. The van der Waals surface area contributed by atoms with E-state index in [2.05, 4.69) is 9.97 Å². The molecule has 0 N–H and O–H groups in total. The Balaban J connectivity index is 0. The molecule has 0 aliphatic rings. The average Bonchev–Trinajstić information content (AvgIpc) is 2.93. The summed E-state index contributed by atoms with van der Waals surface area (Å²) in [4.78, 5) is 7.41. The predicted molar refractivity (Wildman–Crippen MR) is 145 cm³/mol. The van der Waals surface area contributed by atoms with Crippen LogP contribution in [0.2, 0.25) is 15.2 Å². The fraction of sp³-hybridized carbons (Fsp3) is 0.0833. The first-order valence-corrected chi connectivity index (χ1v) is 13.6. The van der Waals surface area contributed by atoms with Crippen LogP contribution in [0.15, 0.2) is 95.1 Å². The van der Waals surface area contributed by atoms with Gasteiger partial charge in [-0.2, -0.15) is 0 Å². The number of alkyl halides is 4. The van der Waals surface area contributed by atoms with Crippen molar-refractivity contribution >= 4 is 57.0 Å². The molecule has 0 fully saturated rings. The summed E-state index contributed by atoms with van der Waals surface area (Å²) >= 11 is 12.5. The van der Waals surface area contributed by atoms with Gasteiger partial charge in [0.05, 0.1) is 22.4 Å². The van der Waals surface area contributed by atoms with E-state index in [1.807, 2.05) is 0 Å². The summed E-state index contributed by atoms with van der Waals surface area (Å²) in [5.41, 5.74) is 0. The molecule has 0 aliphatic heterocycles. The van der Waals surface area contributed by atoms with Crippen molar-refractivity contribution in [2.75, 3.05) is 13.9 Å². The number of aromatic nitrogens is 2. The van der Waals surface area contributed by atoms with E-state index >= 15 is 0 Å². The second-order valence-electron chi connectivity index (χ2n) is 6.25. The van der Waals surface area contributed by atoms with Gasteiger partial charge in [0.1, 0.15) is 22.5 Å². The minimum Gasteiger partial charge on any atom is -0.768 e. The van der Waals surface area contributed by atoms with Gasteiger partial charge in [-0.05, 0) is 47.5 Å². The molecule has 4 rings (SSSR count). The van der Waals surface area contributed by atoms with Crippen LogP contribution in [0.1, 0.15) is 0 Å². The smallest absolute Gasteiger partial charge is 0.768 e. The van der Waals surface area contributed by atoms with Crippen LogP contribution in [0.4, 0.5) is 26.3 Å². The Kier molecular flexibility index (Phi) is 26.0. The van der Waals surface area contributed by atoms with Gasteiger partial charge < -0.3 is 8.74 Å². The molecule has 0 radical (unpaired) electrons. The van der Waals surface area contributed by atoms with Crippen molar-refractivity contribution in [3.05, 3.63) is 112 Å². The number of para-hydroxylation sites is 1. The summed E-state index contributed by atoms with van der Waals surface area (Å²) in [6.07, 6.45) is 1.95. The molecule has 6 nitrogen and oxygen atoms in total. The fourth-order valence-corrected chi connectivity index (χ4v) is 3.76. The summed E-state index contributed by atoms with van der Waals surface area (Å²) in [6, 6.07) is 19.0. The molecule has 42 heavy (non-hydrogen) atoms. The van der Waals surface area contributed by atoms with Crippen LogP contribution < -0.4 is 33.7 Å². The molecule has 0 saturated carbocycles. The van der Waals surface area contributed by atoms with Gasteiger partial charge in [-0.1, -0.05) is 71.2 Å². The number of hydrogen-bond acceptors (Lipinski definition) is 6. The third-order valence-corrected chi connectivity index (χ3v) is 6.27. The number of nitrogens with zero attached hydrogens (tertiary/aromatic N) is 2. The maximum atomic E-state index is 12.8. The molecular weight excluding hydrogens is 688 g/mol. The SMILES string of the molecule is FCF.FCF.Fc1cnc(Cl)c(Cl)c1.O=S(Oc1ccccc1)c1ncc(F)cc1Cl.O=S([O-])c1ccccc1.[Na+]. The molecule has 2 heterocycles. The quantitative estimate of drug-likeness (QED) is 0.126. The minimum absolute atomic E-state index is 0. The van der Waals surface area contributed by atoms with Crippen LogP contribution in [0.25, 0.3) is 0 Å². The molecule has 18 heteroatoms. The van der Waals surface area contributed by atoms with Gasteiger partial charge in [0.25, 0.3) is 11.1 Å². The summed E-state index contributed by atoms with van der Waals surface area (Å²) in [7, 11) is 0. The first kappa shape index (κ1) is 42.4. The second kappa shape index (κ2) is 25.7. The number of halogens is 9. The van der Waals surface area contributed by atoms with Crippen molar-refractivity contribution in [2.45, 2.75) is 9.92 Å².